The summed E-state index contributed by atoms with van der Waals surface area (Å²) < 4.78 is 9.91. The van der Waals surface area contributed by atoms with Gasteiger partial charge in [0.05, 0.1) is 13.2 Å². The molecule has 0 atom stereocenters. The maximum atomic E-state index is 11.2. The molecule has 0 bridgehead atoms. The molecular formula is C12H22O4S2. The molecule has 106 valence electrons. The number of esters is 2. The number of carbonyl (C=O) groups excluding carboxylic acids is 2. The number of rotatable bonds is 11. The van der Waals surface area contributed by atoms with Crippen LogP contribution >= 0.6 is 25.3 Å². The lowest BCUT2D eigenvalue weighted by molar-refractivity contribution is -0.145. The second-order valence-corrected chi connectivity index (χ2v) is 4.70. The van der Waals surface area contributed by atoms with Crippen molar-refractivity contribution in [3.8, 4) is 0 Å². The zero-order chi connectivity index (χ0) is 13.6. The Balaban J connectivity index is 3.32. The lowest BCUT2D eigenvalue weighted by Gasteiger charge is -2.04. The van der Waals surface area contributed by atoms with Crippen LogP contribution in [0.2, 0.25) is 0 Å². The van der Waals surface area contributed by atoms with Crippen molar-refractivity contribution in [1.29, 1.82) is 0 Å². The van der Waals surface area contributed by atoms with E-state index in [1.54, 1.807) is 0 Å². The van der Waals surface area contributed by atoms with E-state index in [2.05, 4.69) is 25.3 Å². The van der Waals surface area contributed by atoms with Crippen molar-refractivity contribution >= 4 is 37.2 Å². The minimum Gasteiger partial charge on any atom is -0.466 e. The van der Waals surface area contributed by atoms with E-state index in [1.165, 1.54) is 0 Å². The molecule has 0 aliphatic rings. The monoisotopic (exact) mass is 294 g/mol. The standard InChI is InChI=1S/C12H22O4S2/c13-11(15-7-3-9-17)5-1-2-6-12(14)16-8-4-10-18/h17-18H,1-10H2. The fourth-order valence-corrected chi connectivity index (χ4v) is 1.44. The van der Waals surface area contributed by atoms with Crippen LogP contribution in [0.25, 0.3) is 0 Å². The fraction of sp³-hybridized carbons (Fsp3) is 0.833. The smallest absolute Gasteiger partial charge is 0.305 e. The van der Waals surface area contributed by atoms with Crippen LogP contribution in [0.15, 0.2) is 0 Å². The first-order valence-electron chi connectivity index (χ1n) is 6.23. The average molecular weight is 294 g/mol. The van der Waals surface area contributed by atoms with Gasteiger partial charge in [0.2, 0.25) is 0 Å². The van der Waals surface area contributed by atoms with Gasteiger partial charge >= 0.3 is 11.9 Å². The Hall–Kier alpha value is -0.360. The summed E-state index contributed by atoms with van der Waals surface area (Å²) in [4.78, 5) is 22.4. The summed E-state index contributed by atoms with van der Waals surface area (Å²) in [5.74, 6) is 1.01. The predicted molar refractivity (Wildman–Crippen MR) is 77.3 cm³/mol. The van der Waals surface area contributed by atoms with Gasteiger partial charge in [0.25, 0.3) is 0 Å². The molecule has 0 aromatic carbocycles. The maximum absolute atomic E-state index is 11.2. The zero-order valence-electron chi connectivity index (χ0n) is 10.6. The van der Waals surface area contributed by atoms with E-state index in [9.17, 15) is 9.59 Å². The van der Waals surface area contributed by atoms with Gasteiger partial charge < -0.3 is 9.47 Å². The third-order valence-corrected chi connectivity index (χ3v) is 2.78. The van der Waals surface area contributed by atoms with Crippen molar-refractivity contribution in [2.75, 3.05) is 24.7 Å². The molecule has 0 saturated carbocycles. The Morgan fingerprint density at radius 2 is 1.11 bits per heavy atom. The predicted octanol–water partition coefficient (Wildman–Crippen LogP) is 2.27. The number of hydrogen-bond acceptors (Lipinski definition) is 6. The summed E-state index contributed by atoms with van der Waals surface area (Å²) in [7, 11) is 0. The van der Waals surface area contributed by atoms with Gasteiger partial charge in [-0.1, -0.05) is 0 Å². The highest BCUT2D eigenvalue weighted by Gasteiger charge is 2.05. The molecule has 6 heteroatoms. The molecule has 0 fully saturated rings. The Morgan fingerprint density at radius 3 is 1.44 bits per heavy atom. The highest BCUT2D eigenvalue weighted by Crippen LogP contribution is 2.03. The molecule has 0 radical (unpaired) electrons. The van der Waals surface area contributed by atoms with Gasteiger partial charge in [0.15, 0.2) is 0 Å². The number of thiol groups is 2. The van der Waals surface area contributed by atoms with Crippen molar-refractivity contribution in [3.05, 3.63) is 0 Å². The number of carbonyl (C=O) groups is 2. The molecule has 0 aliphatic heterocycles. The summed E-state index contributed by atoms with van der Waals surface area (Å²) in [5, 5.41) is 0. The normalized spacial score (nSPS) is 10.1. The topological polar surface area (TPSA) is 52.6 Å². The molecule has 4 nitrogen and oxygen atoms in total. The summed E-state index contributed by atoms with van der Waals surface area (Å²) >= 11 is 8.04. The van der Waals surface area contributed by atoms with E-state index in [0.717, 1.165) is 12.8 Å². The van der Waals surface area contributed by atoms with E-state index in [-0.39, 0.29) is 11.9 Å². The Bertz CT molecular complexity index is 210. The van der Waals surface area contributed by atoms with Gasteiger partial charge in [0.1, 0.15) is 0 Å². The molecular weight excluding hydrogens is 272 g/mol. The Labute approximate surface area is 120 Å². The summed E-state index contributed by atoms with van der Waals surface area (Å²) in [6.07, 6.45) is 3.56. The second kappa shape index (κ2) is 13.1. The van der Waals surface area contributed by atoms with Crippen molar-refractivity contribution in [2.45, 2.75) is 38.5 Å². The largest absolute Gasteiger partial charge is 0.466 e. The van der Waals surface area contributed by atoms with Crippen LogP contribution in [0.5, 0.6) is 0 Å². The van der Waals surface area contributed by atoms with Crippen LogP contribution in [0.4, 0.5) is 0 Å². The molecule has 0 saturated heterocycles. The molecule has 0 aliphatic carbocycles. The number of unbranched alkanes of at least 4 members (excludes halogenated alkanes) is 1. The van der Waals surface area contributed by atoms with Gasteiger partial charge in [-0.25, -0.2) is 0 Å². The van der Waals surface area contributed by atoms with E-state index in [0.29, 0.717) is 50.4 Å². The van der Waals surface area contributed by atoms with Gasteiger partial charge in [0, 0.05) is 12.8 Å². The van der Waals surface area contributed by atoms with Crippen LogP contribution in [0.1, 0.15) is 38.5 Å². The summed E-state index contributed by atoms with van der Waals surface area (Å²) in [6, 6.07) is 0. The van der Waals surface area contributed by atoms with Crippen molar-refractivity contribution in [2.24, 2.45) is 0 Å². The van der Waals surface area contributed by atoms with E-state index < -0.39 is 0 Å². The summed E-state index contributed by atoms with van der Waals surface area (Å²) in [5.41, 5.74) is 0. The van der Waals surface area contributed by atoms with Crippen LogP contribution in [-0.2, 0) is 19.1 Å². The minimum absolute atomic E-state index is 0.208. The molecule has 0 rings (SSSR count). The first-order valence-corrected chi connectivity index (χ1v) is 7.50. The first-order chi connectivity index (χ1) is 8.70. The third-order valence-electron chi connectivity index (χ3n) is 2.14. The Morgan fingerprint density at radius 1 is 0.722 bits per heavy atom. The summed E-state index contributed by atoms with van der Waals surface area (Å²) in [6.45, 7) is 0.849. The van der Waals surface area contributed by atoms with Gasteiger partial charge in [-0.15, -0.1) is 0 Å². The highest BCUT2D eigenvalue weighted by atomic mass is 32.1. The molecule has 0 heterocycles. The zero-order valence-corrected chi connectivity index (χ0v) is 12.4. The van der Waals surface area contributed by atoms with Crippen molar-refractivity contribution in [1.82, 2.24) is 0 Å². The lowest BCUT2D eigenvalue weighted by Crippen LogP contribution is -2.08. The van der Waals surface area contributed by atoms with Crippen LogP contribution < -0.4 is 0 Å². The van der Waals surface area contributed by atoms with Crippen LogP contribution in [0, 0.1) is 0 Å². The highest BCUT2D eigenvalue weighted by molar-refractivity contribution is 7.80. The molecule has 18 heavy (non-hydrogen) atoms. The van der Waals surface area contributed by atoms with Crippen molar-refractivity contribution in [3.63, 3.8) is 0 Å². The molecule has 0 unspecified atom stereocenters. The second-order valence-electron chi connectivity index (χ2n) is 3.80. The third kappa shape index (κ3) is 12.1. The fourth-order valence-electron chi connectivity index (χ4n) is 1.18. The van der Waals surface area contributed by atoms with Gasteiger partial charge in [-0.3, -0.25) is 9.59 Å². The minimum atomic E-state index is -0.208. The maximum Gasteiger partial charge on any atom is 0.305 e. The molecule has 0 spiro atoms. The molecule has 0 aromatic rings. The molecule has 0 aromatic heterocycles. The van der Waals surface area contributed by atoms with Crippen LogP contribution in [0.3, 0.4) is 0 Å². The van der Waals surface area contributed by atoms with Crippen LogP contribution in [-0.4, -0.2) is 36.7 Å². The average Bonchev–Trinajstić information content (AvgIpc) is 2.35. The van der Waals surface area contributed by atoms with E-state index in [1.807, 2.05) is 0 Å². The van der Waals surface area contributed by atoms with Gasteiger partial charge in [-0.2, -0.15) is 25.3 Å². The SMILES string of the molecule is O=C(CCCCC(=O)OCCCS)OCCCS. The van der Waals surface area contributed by atoms with Gasteiger partial charge in [-0.05, 0) is 37.2 Å². The molecule has 0 amide bonds. The number of hydrogen-bond donors (Lipinski definition) is 2. The lowest BCUT2D eigenvalue weighted by atomic mass is 10.2. The van der Waals surface area contributed by atoms with E-state index in [4.69, 9.17) is 9.47 Å². The van der Waals surface area contributed by atoms with Crippen molar-refractivity contribution < 1.29 is 19.1 Å². The number of ether oxygens (including phenoxy) is 2. The Kier molecular flexibility index (Phi) is 12.8. The first kappa shape index (κ1) is 17.6. The van der Waals surface area contributed by atoms with E-state index >= 15 is 0 Å². The quantitative estimate of drug-likeness (QED) is 0.349. The molecule has 0 N–H and O–H groups in total.